The maximum atomic E-state index is 11.1. The first-order valence-electron chi connectivity index (χ1n) is 15.9. The lowest BCUT2D eigenvalue weighted by Crippen LogP contribution is -2.53. The van der Waals surface area contributed by atoms with Gasteiger partial charge in [-0.2, -0.15) is 0 Å². The number of carbonyl (C=O) groups is 3. The molecule has 0 unspecified atom stereocenters. The number of aliphatic carboxylic acids is 3. The molecule has 0 amide bonds. The third-order valence-electron chi connectivity index (χ3n) is 7.78. The molecule has 0 heterocycles. The third-order valence-corrected chi connectivity index (χ3v) is 7.78. The second kappa shape index (κ2) is 26.3. The van der Waals surface area contributed by atoms with Gasteiger partial charge in [-0.15, -0.1) is 0 Å². The van der Waals surface area contributed by atoms with Crippen molar-refractivity contribution in [3.63, 3.8) is 0 Å². The SMILES string of the molecule is CCCCCC/C=C/CCCCCCCCCCCCCCC[N+](CCC(=O)[O-])(CCC(=O)O)CCC(=O)O. The smallest absolute Gasteiger partial charge is 0.309 e. The molecule has 2 N–H and O–H groups in total. The van der Waals surface area contributed by atoms with Crippen LogP contribution in [0.25, 0.3) is 0 Å². The van der Waals surface area contributed by atoms with Crippen molar-refractivity contribution in [3.8, 4) is 0 Å². The highest BCUT2D eigenvalue weighted by Crippen LogP contribution is 2.17. The molecule has 228 valence electrons. The fourth-order valence-corrected chi connectivity index (χ4v) is 5.24. The zero-order chi connectivity index (χ0) is 29.0. The van der Waals surface area contributed by atoms with E-state index < -0.39 is 17.9 Å². The third kappa shape index (κ3) is 26.1. The van der Waals surface area contributed by atoms with Gasteiger partial charge in [0.05, 0.1) is 39.0 Å². The highest BCUT2D eigenvalue weighted by molar-refractivity contribution is 5.67. The van der Waals surface area contributed by atoms with Gasteiger partial charge < -0.3 is 24.6 Å². The normalized spacial score (nSPS) is 11.8. The molecule has 0 aliphatic rings. The summed E-state index contributed by atoms with van der Waals surface area (Å²) in [6, 6.07) is 0. The molecular formula is C32H59NO6. The Morgan fingerprint density at radius 1 is 0.538 bits per heavy atom. The Morgan fingerprint density at radius 2 is 0.897 bits per heavy atom. The van der Waals surface area contributed by atoms with E-state index in [0.717, 1.165) is 19.3 Å². The first-order valence-corrected chi connectivity index (χ1v) is 15.9. The van der Waals surface area contributed by atoms with E-state index in [0.29, 0.717) is 6.54 Å². The summed E-state index contributed by atoms with van der Waals surface area (Å²) in [5.74, 6) is -3.07. The predicted octanol–water partition coefficient (Wildman–Crippen LogP) is 6.88. The van der Waals surface area contributed by atoms with Crippen molar-refractivity contribution in [2.75, 3.05) is 26.2 Å². The van der Waals surface area contributed by atoms with E-state index in [1.54, 1.807) is 0 Å². The summed E-state index contributed by atoms with van der Waals surface area (Å²) in [5.41, 5.74) is 0. The van der Waals surface area contributed by atoms with E-state index in [1.165, 1.54) is 103 Å². The molecule has 0 saturated carbocycles. The highest BCUT2D eigenvalue weighted by Gasteiger charge is 2.28. The number of rotatable bonds is 30. The van der Waals surface area contributed by atoms with Crippen molar-refractivity contribution in [2.45, 2.75) is 148 Å². The molecule has 0 atom stereocenters. The molecule has 0 aliphatic carbocycles. The lowest BCUT2D eigenvalue weighted by molar-refractivity contribution is -0.927. The molecule has 0 aromatic heterocycles. The number of carbonyl (C=O) groups excluding carboxylic acids is 1. The number of carboxylic acids is 3. The molecule has 39 heavy (non-hydrogen) atoms. The Labute approximate surface area is 238 Å². The van der Waals surface area contributed by atoms with Gasteiger partial charge in [0, 0.05) is 12.4 Å². The summed E-state index contributed by atoms with van der Waals surface area (Å²) in [5, 5.41) is 29.3. The van der Waals surface area contributed by atoms with Crippen LogP contribution < -0.4 is 5.11 Å². The Morgan fingerprint density at radius 3 is 1.28 bits per heavy atom. The maximum absolute atomic E-state index is 11.1. The van der Waals surface area contributed by atoms with Crippen LogP contribution in [-0.2, 0) is 14.4 Å². The molecule has 0 radical (unpaired) electrons. The van der Waals surface area contributed by atoms with Crippen molar-refractivity contribution >= 4 is 17.9 Å². The van der Waals surface area contributed by atoms with Gasteiger partial charge in [0.15, 0.2) is 0 Å². The van der Waals surface area contributed by atoms with Crippen LogP contribution in [0.3, 0.4) is 0 Å². The van der Waals surface area contributed by atoms with Gasteiger partial charge in [0.25, 0.3) is 0 Å². The number of hydrogen-bond donors (Lipinski definition) is 2. The predicted molar refractivity (Wildman–Crippen MR) is 156 cm³/mol. The molecule has 0 saturated heterocycles. The average molecular weight is 554 g/mol. The maximum Gasteiger partial charge on any atom is 0.309 e. The fourth-order valence-electron chi connectivity index (χ4n) is 5.24. The van der Waals surface area contributed by atoms with E-state index in [9.17, 15) is 19.5 Å². The van der Waals surface area contributed by atoms with Crippen LogP contribution in [-0.4, -0.2) is 58.8 Å². The number of allylic oxidation sites excluding steroid dienone is 2. The largest absolute Gasteiger partial charge is 0.550 e. The molecule has 0 spiro atoms. The second-order valence-electron chi connectivity index (χ2n) is 11.4. The number of carboxylic acid groups (broad SMARTS) is 3. The lowest BCUT2D eigenvalue weighted by Gasteiger charge is -2.38. The number of nitrogens with zero attached hydrogens (tertiary/aromatic N) is 1. The van der Waals surface area contributed by atoms with E-state index >= 15 is 0 Å². The van der Waals surface area contributed by atoms with E-state index in [1.807, 2.05) is 0 Å². The van der Waals surface area contributed by atoms with Gasteiger partial charge in [-0.05, 0) is 38.5 Å². The fraction of sp³-hybridized carbons (Fsp3) is 0.844. The van der Waals surface area contributed by atoms with Crippen LogP contribution in [0.15, 0.2) is 12.2 Å². The molecule has 0 aliphatic heterocycles. The minimum Gasteiger partial charge on any atom is -0.550 e. The number of hydrogen-bond acceptors (Lipinski definition) is 4. The van der Waals surface area contributed by atoms with Crippen molar-refractivity contribution < 1.29 is 34.2 Å². The number of quaternary nitrogens is 1. The quantitative estimate of drug-likeness (QED) is 0.0569. The minimum atomic E-state index is -1.18. The van der Waals surface area contributed by atoms with Crippen molar-refractivity contribution in [2.24, 2.45) is 0 Å². The van der Waals surface area contributed by atoms with Crippen LogP contribution in [0.4, 0.5) is 0 Å². The molecule has 0 fully saturated rings. The first kappa shape index (κ1) is 37.1. The van der Waals surface area contributed by atoms with Gasteiger partial charge >= 0.3 is 11.9 Å². The van der Waals surface area contributed by atoms with Crippen molar-refractivity contribution in [3.05, 3.63) is 12.2 Å². The van der Waals surface area contributed by atoms with Crippen molar-refractivity contribution in [1.82, 2.24) is 0 Å². The summed E-state index contributed by atoms with van der Waals surface area (Å²) in [7, 11) is 0. The molecule has 7 nitrogen and oxygen atoms in total. The monoisotopic (exact) mass is 553 g/mol. The summed E-state index contributed by atoms with van der Waals surface area (Å²) in [6.07, 6.45) is 28.2. The Balaban J connectivity index is 3.86. The molecule has 7 heteroatoms. The highest BCUT2D eigenvalue weighted by atomic mass is 16.4. The van der Waals surface area contributed by atoms with Crippen LogP contribution in [0, 0.1) is 0 Å². The Hall–Kier alpha value is -1.89. The summed E-state index contributed by atoms with van der Waals surface area (Å²) >= 11 is 0. The Kier molecular flexibility index (Phi) is 25.1. The first-order chi connectivity index (χ1) is 18.8. The Bertz CT molecular complexity index is 603. The van der Waals surface area contributed by atoms with Crippen LogP contribution in [0.5, 0.6) is 0 Å². The molecule has 0 aromatic carbocycles. The standard InChI is InChI=1S/C32H59NO6/c1-2-3-4-5-6-7-8-9-10-11-12-13-14-15-16-17-18-19-20-21-22-26-33(27-23-30(34)35,28-24-31(36)37)29-25-32(38)39/h7-8H,2-6,9-29H2,1H3,(H2-,34,35,36,37,38,39)/b8-7+. The minimum absolute atomic E-state index is 0.0940. The van der Waals surface area contributed by atoms with Crippen LogP contribution >= 0.6 is 0 Å². The van der Waals surface area contributed by atoms with Crippen LogP contribution in [0.2, 0.25) is 0 Å². The second-order valence-corrected chi connectivity index (χ2v) is 11.4. The number of unbranched alkanes of at least 4 members (excludes halogenated alkanes) is 17. The zero-order valence-corrected chi connectivity index (χ0v) is 25.0. The van der Waals surface area contributed by atoms with E-state index in [2.05, 4.69) is 19.1 Å². The van der Waals surface area contributed by atoms with E-state index in [4.69, 9.17) is 10.2 Å². The average Bonchev–Trinajstić information content (AvgIpc) is 2.90. The van der Waals surface area contributed by atoms with Crippen molar-refractivity contribution in [1.29, 1.82) is 0 Å². The van der Waals surface area contributed by atoms with Crippen LogP contribution in [0.1, 0.15) is 148 Å². The topological polar surface area (TPSA) is 115 Å². The van der Waals surface area contributed by atoms with E-state index in [-0.39, 0.29) is 43.4 Å². The molecular weight excluding hydrogens is 494 g/mol. The zero-order valence-electron chi connectivity index (χ0n) is 25.0. The molecule has 0 rings (SSSR count). The van der Waals surface area contributed by atoms with Gasteiger partial charge in [-0.25, -0.2) is 0 Å². The summed E-state index contributed by atoms with van der Waals surface area (Å²) in [4.78, 5) is 33.3. The molecule has 0 aromatic rings. The van der Waals surface area contributed by atoms with Gasteiger partial charge in [-0.1, -0.05) is 103 Å². The van der Waals surface area contributed by atoms with Gasteiger partial charge in [0.1, 0.15) is 0 Å². The summed E-state index contributed by atoms with van der Waals surface area (Å²) < 4.78 is 0.225. The van der Waals surface area contributed by atoms with Gasteiger partial charge in [0.2, 0.25) is 0 Å². The lowest BCUT2D eigenvalue weighted by atomic mass is 10.0. The molecule has 0 bridgehead atoms. The summed E-state index contributed by atoms with van der Waals surface area (Å²) in [6.45, 7) is 3.60. The van der Waals surface area contributed by atoms with Gasteiger partial charge in [-0.3, -0.25) is 9.59 Å².